The highest BCUT2D eigenvalue weighted by Gasteiger charge is 2.35. The van der Waals surface area contributed by atoms with Gasteiger partial charge >= 0.3 is 0 Å². The molecule has 4 rings (SSSR count). The first-order chi connectivity index (χ1) is 14.7. The van der Waals surface area contributed by atoms with Crippen molar-refractivity contribution in [1.29, 1.82) is 0 Å². The van der Waals surface area contributed by atoms with Gasteiger partial charge in [-0.15, -0.1) is 10.2 Å². The van der Waals surface area contributed by atoms with Crippen LogP contribution in [0, 0.1) is 0 Å². The lowest BCUT2D eigenvalue weighted by atomic mass is 10.1. The van der Waals surface area contributed by atoms with Gasteiger partial charge in [0, 0.05) is 17.5 Å². The van der Waals surface area contributed by atoms with Crippen molar-refractivity contribution >= 4 is 23.4 Å². The Bertz CT molecular complexity index is 1060. The molecule has 0 saturated heterocycles. The second kappa shape index (κ2) is 8.71. The molecule has 1 aromatic heterocycles. The Morgan fingerprint density at radius 1 is 1.13 bits per heavy atom. The van der Waals surface area contributed by atoms with E-state index in [1.165, 1.54) is 11.8 Å². The number of hydrogen-bond acceptors (Lipinski definition) is 7. The van der Waals surface area contributed by atoms with Crippen molar-refractivity contribution in [2.45, 2.75) is 31.7 Å². The Kier molecular flexibility index (Phi) is 5.85. The minimum Gasteiger partial charge on any atom is -0.494 e. The van der Waals surface area contributed by atoms with Crippen LogP contribution in [0.25, 0.3) is 11.3 Å². The molecular weight excluding hydrogens is 400 g/mol. The quantitative estimate of drug-likeness (QED) is 0.561. The first kappa shape index (κ1) is 20.2. The number of carbonyl (C=O) groups excluding carboxylic acids is 1. The summed E-state index contributed by atoms with van der Waals surface area (Å²) in [6.07, 6.45) is 1.52. The summed E-state index contributed by atoms with van der Waals surface area (Å²) in [6.45, 7) is 4.36. The number of anilines is 1. The van der Waals surface area contributed by atoms with E-state index >= 15 is 0 Å². The predicted octanol–water partition coefficient (Wildman–Crippen LogP) is 4.49. The lowest BCUT2D eigenvalue weighted by Gasteiger charge is -2.30. The topological polar surface area (TPSA) is 77.4 Å². The van der Waals surface area contributed by atoms with E-state index in [9.17, 15) is 4.79 Å². The highest BCUT2D eigenvalue weighted by molar-refractivity contribution is 7.98. The van der Waals surface area contributed by atoms with Crippen molar-refractivity contribution in [2.24, 2.45) is 0 Å². The molecule has 0 saturated carbocycles. The number of rotatable bonds is 5. The molecule has 0 radical (unpaired) electrons. The smallest absolute Gasteiger partial charge is 0.247 e. The van der Waals surface area contributed by atoms with E-state index in [-0.39, 0.29) is 5.91 Å². The maximum atomic E-state index is 13.1. The van der Waals surface area contributed by atoms with Crippen molar-refractivity contribution in [2.75, 3.05) is 17.8 Å². The molecule has 1 aliphatic rings. The van der Waals surface area contributed by atoms with Crippen molar-refractivity contribution in [3.8, 4) is 22.9 Å². The molecule has 0 N–H and O–H groups in total. The van der Waals surface area contributed by atoms with Gasteiger partial charge in [-0.2, -0.15) is 4.98 Å². The summed E-state index contributed by atoms with van der Waals surface area (Å²) >= 11 is 1.38. The summed E-state index contributed by atoms with van der Waals surface area (Å²) in [5.41, 5.74) is 2.81. The number of nitrogens with zero attached hydrogens (tertiary/aromatic N) is 4. The van der Waals surface area contributed by atoms with Gasteiger partial charge < -0.3 is 9.47 Å². The Morgan fingerprint density at radius 3 is 2.60 bits per heavy atom. The number of ether oxygens (including phenoxy) is 2. The van der Waals surface area contributed by atoms with Crippen LogP contribution in [0.15, 0.2) is 53.7 Å². The van der Waals surface area contributed by atoms with Crippen molar-refractivity contribution < 1.29 is 14.3 Å². The number of amides is 1. The zero-order valence-corrected chi connectivity index (χ0v) is 17.8. The van der Waals surface area contributed by atoms with Crippen LogP contribution in [0.2, 0.25) is 0 Å². The highest BCUT2D eigenvalue weighted by atomic mass is 32.2. The van der Waals surface area contributed by atoms with Crippen LogP contribution < -0.4 is 14.4 Å². The number of para-hydroxylation sites is 1. The van der Waals surface area contributed by atoms with Gasteiger partial charge in [-0.1, -0.05) is 36.9 Å². The zero-order chi connectivity index (χ0) is 21.1. The summed E-state index contributed by atoms with van der Waals surface area (Å²) in [4.78, 5) is 19.3. The molecule has 0 aliphatic carbocycles. The molecule has 154 valence electrons. The van der Waals surface area contributed by atoms with Crippen LogP contribution in [-0.2, 0) is 4.79 Å². The molecule has 3 aromatic rings. The molecule has 8 heteroatoms. The van der Waals surface area contributed by atoms with Gasteiger partial charge in [-0.3, -0.25) is 9.69 Å². The molecule has 1 amide bonds. The molecule has 30 heavy (non-hydrogen) atoms. The van der Waals surface area contributed by atoms with Gasteiger partial charge in [0.1, 0.15) is 5.75 Å². The average Bonchev–Trinajstić information content (AvgIpc) is 2.93. The lowest BCUT2D eigenvalue weighted by molar-refractivity contribution is -0.120. The summed E-state index contributed by atoms with van der Waals surface area (Å²) in [7, 11) is 0. The molecule has 2 aromatic carbocycles. The third-order valence-corrected chi connectivity index (χ3v) is 5.28. The van der Waals surface area contributed by atoms with Crippen LogP contribution >= 0.6 is 11.8 Å². The monoisotopic (exact) mass is 422 g/mol. The standard InChI is InChI=1S/C22H22N4O3S/c1-4-18(27)26-17-9-7-6-8-16(17)19-20(23-22(30-3)25-24-19)29-21(26)14-10-12-15(13-11-14)28-5-2/h6-13,21H,4-5H2,1-3H3/t21-/m1/s1. The first-order valence-corrected chi connectivity index (χ1v) is 11.0. The van der Waals surface area contributed by atoms with E-state index in [2.05, 4.69) is 15.2 Å². The van der Waals surface area contributed by atoms with Gasteiger partial charge in [0.15, 0.2) is 5.69 Å². The Labute approximate surface area is 179 Å². The van der Waals surface area contributed by atoms with E-state index in [0.29, 0.717) is 29.8 Å². The summed E-state index contributed by atoms with van der Waals surface area (Å²) < 4.78 is 11.9. The maximum absolute atomic E-state index is 13.1. The third kappa shape index (κ3) is 3.70. The van der Waals surface area contributed by atoms with Gasteiger partial charge in [0.25, 0.3) is 0 Å². The molecule has 0 spiro atoms. The van der Waals surface area contributed by atoms with Gasteiger partial charge in [0.2, 0.25) is 23.2 Å². The summed E-state index contributed by atoms with van der Waals surface area (Å²) in [5, 5.41) is 9.04. The fourth-order valence-corrected chi connectivity index (χ4v) is 3.65. The highest BCUT2D eigenvalue weighted by Crippen LogP contribution is 2.43. The number of carbonyl (C=O) groups is 1. The van der Waals surface area contributed by atoms with Crippen molar-refractivity contribution in [3.05, 3.63) is 54.1 Å². The fraction of sp³-hybridized carbons (Fsp3) is 0.273. The molecule has 7 nitrogen and oxygen atoms in total. The van der Waals surface area contributed by atoms with Gasteiger partial charge in [-0.25, -0.2) is 0 Å². The van der Waals surface area contributed by atoms with Crippen LogP contribution in [0.5, 0.6) is 11.6 Å². The number of aromatic nitrogens is 3. The molecule has 1 aliphatic heterocycles. The number of fused-ring (bicyclic) bond motifs is 3. The third-order valence-electron chi connectivity index (χ3n) is 4.74. The SMILES string of the molecule is CCOc1ccc([C@H]2Oc3nc(SC)nnc3-c3ccccc3N2C(=O)CC)cc1. The first-order valence-electron chi connectivity index (χ1n) is 9.75. The summed E-state index contributed by atoms with van der Waals surface area (Å²) in [6, 6.07) is 15.2. The van der Waals surface area contributed by atoms with Gasteiger partial charge in [0.05, 0.1) is 12.3 Å². The normalized spacial score (nSPS) is 14.9. The Morgan fingerprint density at radius 2 is 1.90 bits per heavy atom. The fourth-order valence-electron chi connectivity index (χ4n) is 3.35. The Hall–Kier alpha value is -3.13. The number of hydrogen-bond donors (Lipinski definition) is 0. The predicted molar refractivity (Wildman–Crippen MR) is 116 cm³/mol. The molecule has 0 fully saturated rings. The summed E-state index contributed by atoms with van der Waals surface area (Å²) in [5.74, 6) is 1.05. The van der Waals surface area contributed by atoms with Gasteiger partial charge in [-0.05, 0) is 43.5 Å². The van der Waals surface area contributed by atoms with Crippen LogP contribution in [0.3, 0.4) is 0 Å². The number of benzene rings is 2. The van der Waals surface area contributed by atoms with E-state index in [1.807, 2.05) is 68.6 Å². The van der Waals surface area contributed by atoms with Crippen LogP contribution in [0.1, 0.15) is 32.1 Å². The maximum Gasteiger partial charge on any atom is 0.247 e. The van der Waals surface area contributed by atoms with E-state index in [0.717, 1.165) is 22.6 Å². The van der Waals surface area contributed by atoms with E-state index in [4.69, 9.17) is 9.47 Å². The minimum atomic E-state index is -0.693. The van der Waals surface area contributed by atoms with Crippen LogP contribution in [0.4, 0.5) is 5.69 Å². The second-order valence-electron chi connectivity index (χ2n) is 6.56. The van der Waals surface area contributed by atoms with Crippen molar-refractivity contribution in [1.82, 2.24) is 15.2 Å². The average molecular weight is 423 g/mol. The lowest BCUT2D eigenvalue weighted by Crippen LogP contribution is -2.37. The molecule has 0 unspecified atom stereocenters. The van der Waals surface area contributed by atoms with Crippen LogP contribution in [-0.4, -0.2) is 34.0 Å². The second-order valence-corrected chi connectivity index (χ2v) is 7.33. The number of thioether (sulfide) groups is 1. The minimum absolute atomic E-state index is 0.0628. The molecule has 0 bridgehead atoms. The molecular formula is C22H22N4O3S. The van der Waals surface area contributed by atoms with E-state index in [1.54, 1.807) is 4.90 Å². The van der Waals surface area contributed by atoms with E-state index < -0.39 is 6.23 Å². The Balaban J connectivity index is 1.90. The molecule has 1 atom stereocenters. The largest absolute Gasteiger partial charge is 0.494 e. The zero-order valence-electron chi connectivity index (χ0n) is 17.0. The van der Waals surface area contributed by atoms with Crippen molar-refractivity contribution in [3.63, 3.8) is 0 Å². The molecule has 2 heterocycles.